The number of hydrogen-bond acceptors (Lipinski definition) is 3. The number of methoxy groups -OCH3 is 1. The first-order valence-electron chi connectivity index (χ1n) is 10.5. The third kappa shape index (κ3) is 4.62. The second kappa shape index (κ2) is 9.49. The third-order valence-electron chi connectivity index (χ3n) is 5.58. The van der Waals surface area contributed by atoms with E-state index in [1.807, 2.05) is 43.3 Å². The van der Waals surface area contributed by atoms with Gasteiger partial charge in [0, 0.05) is 29.6 Å². The predicted molar refractivity (Wildman–Crippen MR) is 126 cm³/mol. The lowest BCUT2D eigenvalue weighted by atomic mass is 9.90. The maximum atomic E-state index is 12.8. The van der Waals surface area contributed by atoms with Crippen molar-refractivity contribution in [3.63, 3.8) is 0 Å². The summed E-state index contributed by atoms with van der Waals surface area (Å²) in [6.07, 6.45) is 2.07. The van der Waals surface area contributed by atoms with E-state index in [1.54, 1.807) is 7.11 Å². The van der Waals surface area contributed by atoms with Crippen LogP contribution >= 0.6 is 0 Å². The van der Waals surface area contributed by atoms with E-state index in [0.29, 0.717) is 18.0 Å². The summed E-state index contributed by atoms with van der Waals surface area (Å²) < 4.78 is 5.33. The molecule has 3 aromatic carbocycles. The lowest BCUT2D eigenvalue weighted by Crippen LogP contribution is -2.40. The van der Waals surface area contributed by atoms with Crippen LogP contribution in [0, 0.1) is 0 Å². The van der Waals surface area contributed by atoms with Crippen LogP contribution < -0.4 is 15.4 Å². The number of para-hydroxylation sites is 3. The number of hydrogen-bond donors (Lipinski definition) is 3. The molecular formula is C26H27N3O2. The molecule has 0 unspecified atom stereocenters. The summed E-state index contributed by atoms with van der Waals surface area (Å²) in [5, 5.41) is 7.58. The molecule has 0 aliphatic heterocycles. The van der Waals surface area contributed by atoms with Crippen molar-refractivity contribution in [2.24, 2.45) is 0 Å². The molecule has 0 radical (unpaired) electrons. The fraction of sp³-hybridized carbons (Fsp3) is 0.192. The van der Waals surface area contributed by atoms with Gasteiger partial charge in [0.2, 0.25) is 5.91 Å². The number of H-pyrrole nitrogens is 1. The minimum atomic E-state index is -0.374. The Labute approximate surface area is 182 Å². The predicted octanol–water partition coefficient (Wildman–Crippen LogP) is 4.93. The van der Waals surface area contributed by atoms with E-state index < -0.39 is 0 Å². The summed E-state index contributed by atoms with van der Waals surface area (Å²) >= 11 is 0. The van der Waals surface area contributed by atoms with Crippen molar-refractivity contribution in [1.82, 2.24) is 10.3 Å². The SMILES string of the molecule is COc1ccccc1NC(=O)[C@@H](C)NC[C@@H](c1ccccc1)c1c[nH]c2ccccc12. The van der Waals surface area contributed by atoms with E-state index in [2.05, 4.69) is 64.3 Å². The second-order valence-corrected chi connectivity index (χ2v) is 7.57. The Morgan fingerprint density at radius 3 is 2.48 bits per heavy atom. The topological polar surface area (TPSA) is 66.2 Å². The van der Waals surface area contributed by atoms with Gasteiger partial charge in [0.1, 0.15) is 5.75 Å². The molecule has 5 nitrogen and oxygen atoms in total. The zero-order valence-electron chi connectivity index (χ0n) is 17.8. The number of amides is 1. The Hall–Kier alpha value is -3.57. The van der Waals surface area contributed by atoms with Crippen molar-refractivity contribution in [2.45, 2.75) is 18.9 Å². The summed E-state index contributed by atoms with van der Waals surface area (Å²) in [5.41, 5.74) is 4.20. The maximum Gasteiger partial charge on any atom is 0.241 e. The number of aromatic nitrogens is 1. The Morgan fingerprint density at radius 1 is 0.968 bits per heavy atom. The lowest BCUT2D eigenvalue weighted by Gasteiger charge is -2.21. The summed E-state index contributed by atoms with van der Waals surface area (Å²) in [7, 11) is 1.60. The van der Waals surface area contributed by atoms with Gasteiger partial charge in [-0.15, -0.1) is 0 Å². The summed E-state index contributed by atoms with van der Waals surface area (Å²) in [6.45, 7) is 2.51. The van der Waals surface area contributed by atoms with Crippen LogP contribution in [0.4, 0.5) is 5.69 Å². The van der Waals surface area contributed by atoms with Crippen LogP contribution in [0.25, 0.3) is 10.9 Å². The summed E-state index contributed by atoms with van der Waals surface area (Å²) in [5.74, 6) is 0.651. The number of nitrogens with one attached hydrogen (secondary N) is 3. The third-order valence-corrected chi connectivity index (χ3v) is 5.58. The molecule has 0 fully saturated rings. The van der Waals surface area contributed by atoms with E-state index in [1.165, 1.54) is 16.5 Å². The molecule has 1 amide bonds. The highest BCUT2D eigenvalue weighted by Crippen LogP contribution is 2.30. The Kier molecular flexibility index (Phi) is 6.34. The van der Waals surface area contributed by atoms with Crippen LogP contribution in [0.15, 0.2) is 85.1 Å². The molecule has 2 atom stereocenters. The van der Waals surface area contributed by atoms with Gasteiger partial charge in [-0.3, -0.25) is 4.79 Å². The molecule has 1 aromatic heterocycles. The fourth-order valence-corrected chi connectivity index (χ4v) is 3.85. The number of fused-ring (bicyclic) bond motifs is 1. The van der Waals surface area contributed by atoms with Crippen LogP contribution in [-0.4, -0.2) is 30.6 Å². The van der Waals surface area contributed by atoms with Gasteiger partial charge in [-0.05, 0) is 36.2 Å². The van der Waals surface area contributed by atoms with Gasteiger partial charge in [-0.1, -0.05) is 60.7 Å². The zero-order valence-corrected chi connectivity index (χ0v) is 17.8. The van der Waals surface area contributed by atoms with E-state index in [9.17, 15) is 4.79 Å². The van der Waals surface area contributed by atoms with E-state index in [0.717, 1.165) is 5.52 Å². The second-order valence-electron chi connectivity index (χ2n) is 7.57. The highest BCUT2D eigenvalue weighted by atomic mass is 16.5. The molecule has 4 aromatic rings. The first kappa shape index (κ1) is 20.7. The zero-order chi connectivity index (χ0) is 21.6. The monoisotopic (exact) mass is 413 g/mol. The van der Waals surface area contributed by atoms with Crippen LogP contribution in [0.1, 0.15) is 24.0 Å². The van der Waals surface area contributed by atoms with Crippen molar-refractivity contribution in [2.75, 3.05) is 19.0 Å². The smallest absolute Gasteiger partial charge is 0.241 e. The van der Waals surface area contributed by atoms with Gasteiger partial charge in [0.15, 0.2) is 0 Å². The quantitative estimate of drug-likeness (QED) is 0.384. The van der Waals surface area contributed by atoms with Gasteiger partial charge in [0.25, 0.3) is 0 Å². The van der Waals surface area contributed by atoms with Crippen molar-refractivity contribution >= 4 is 22.5 Å². The number of anilines is 1. The van der Waals surface area contributed by atoms with E-state index in [-0.39, 0.29) is 17.9 Å². The minimum absolute atomic E-state index is 0.102. The number of benzene rings is 3. The van der Waals surface area contributed by atoms with Crippen molar-refractivity contribution in [3.05, 3.63) is 96.2 Å². The highest BCUT2D eigenvalue weighted by Gasteiger charge is 2.21. The Morgan fingerprint density at radius 2 is 1.68 bits per heavy atom. The molecule has 1 heterocycles. The first-order valence-corrected chi connectivity index (χ1v) is 10.5. The molecule has 0 aliphatic carbocycles. The van der Waals surface area contributed by atoms with Crippen molar-refractivity contribution in [3.8, 4) is 5.75 Å². The summed E-state index contributed by atoms with van der Waals surface area (Å²) in [6, 6.07) is 25.7. The molecule has 0 spiro atoms. The Balaban J connectivity index is 1.52. The molecular weight excluding hydrogens is 386 g/mol. The molecule has 31 heavy (non-hydrogen) atoms. The number of aromatic amines is 1. The van der Waals surface area contributed by atoms with Crippen molar-refractivity contribution < 1.29 is 9.53 Å². The van der Waals surface area contributed by atoms with Crippen molar-refractivity contribution in [1.29, 1.82) is 0 Å². The van der Waals surface area contributed by atoms with Gasteiger partial charge >= 0.3 is 0 Å². The molecule has 3 N–H and O–H groups in total. The van der Waals surface area contributed by atoms with Gasteiger partial charge in [0.05, 0.1) is 18.8 Å². The maximum absolute atomic E-state index is 12.8. The minimum Gasteiger partial charge on any atom is -0.495 e. The van der Waals surface area contributed by atoms with Gasteiger partial charge in [-0.2, -0.15) is 0 Å². The molecule has 0 saturated heterocycles. The van der Waals surface area contributed by atoms with Gasteiger partial charge < -0.3 is 20.4 Å². The number of carbonyl (C=O) groups excluding carboxylic acids is 1. The summed E-state index contributed by atoms with van der Waals surface area (Å²) in [4.78, 5) is 16.2. The fourth-order valence-electron chi connectivity index (χ4n) is 3.85. The van der Waals surface area contributed by atoms with E-state index in [4.69, 9.17) is 4.74 Å². The molecule has 158 valence electrons. The Bertz CT molecular complexity index is 1150. The number of carbonyl (C=O) groups is 1. The van der Waals surface area contributed by atoms with Crippen LogP contribution in [0.5, 0.6) is 5.75 Å². The number of rotatable bonds is 8. The molecule has 0 bridgehead atoms. The highest BCUT2D eigenvalue weighted by molar-refractivity contribution is 5.95. The molecule has 4 rings (SSSR count). The van der Waals surface area contributed by atoms with Crippen LogP contribution in [0.2, 0.25) is 0 Å². The first-order chi connectivity index (χ1) is 15.2. The lowest BCUT2D eigenvalue weighted by molar-refractivity contribution is -0.117. The molecule has 0 aliphatic rings. The van der Waals surface area contributed by atoms with E-state index >= 15 is 0 Å². The number of ether oxygens (including phenoxy) is 1. The van der Waals surface area contributed by atoms with Crippen LogP contribution in [-0.2, 0) is 4.79 Å². The largest absolute Gasteiger partial charge is 0.495 e. The van der Waals surface area contributed by atoms with Gasteiger partial charge in [-0.25, -0.2) is 0 Å². The average molecular weight is 414 g/mol. The molecule has 5 heteroatoms. The standard InChI is InChI=1S/C26H27N3O2/c1-18(26(30)29-24-14-8-9-15-25(24)31-2)27-16-21(19-10-4-3-5-11-19)22-17-28-23-13-7-6-12-20(22)23/h3-15,17-18,21,27-28H,16H2,1-2H3,(H,29,30)/t18-,21+/m1/s1. The average Bonchev–Trinajstić information content (AvgIpc) is 3.24. The van der Waals surface area contributed by atoms with Crippen LogP contribution in [0.3, 0.4) is 0 Å². The molecule has 0 saturated carbocycles. The normalized spacial score (nSPS) is 13.0.